The van der Waals surface area contributed by atoms with Crippen molar-refractivity contribution in [1.82, 2.24) is 0 Å². The molecule has 0 saturated heterocycles. The zero-order valence-electron chi connectivity index (χ0n) is 77.2. The molecule has 15 aromatic rings. The van der Waals surface area contributed by atoms with Gasteiger partial charge in [0.1, 0.15) is 46.0 Å². The minimum absolute atomic E-state index is 0.215. The van der Waals surface area contributed by atoms with Crippen molar-refractivity contribution in [2.24, 2.45) is 0 Å². The topological polar surface area (TPSA) is 77.1 Å². The fourth-order valence-electron chi connectivity index (χ4n) is 25.7. The number of hydrogen-bond donors (Lipinski definition) is 0. The summed E-state index contributed by atoms with van der Waals surface area (Å²) in [5, 5.41) is 6.84. The van der Waals surface area contributed by atoms with E-state index >= 15 is 0 Å². The molecule has 0 radical (unpaired) electrons. The van der Waals surface area contributed by atoms with Crippen LogP contribution in [0.15, 0.2) is 273 Å². The van der Waals surface area contributed by atoms with Crippen molar-refractivity contribution in [3.05, 3.63) is 379 Å². The van der Waals surface area contributed by atoms with Crippen LogP contribution in [0.2, 0.25) is 0 Å². The Morgan fingerprint density at radius 2 is 0.492 bits per heavy atom. The van der Waals surface area contributed by atoms with Crippen molar-refractivity contribution in [3.63, 3.8) is 0 Å². The molecule has 6 aliphatic carbocycles. The maximum absolute atomic E-state index is 8.24. The SMILES string of the molecule is COc1ccc(C2(c3ccc(N(c4ccc(C5(c6ccc(C)cc6)C=Cc6c7c(c8ccc(C)cc8c6O5)-c5ccc(OC)cc5C75CCCCCC5)cc4)c4ccc(C5(c6ccc(C)cc6)C=Cc6c7c(c8ccc(OC)cc8c6O5)-c5ccc(OC)cc5C75CCCCCC5)cc4)cc3)C=Cc3c4c(c5ccc(C)cc5c3O2)-c2ccc(OC)cc2C42CCCCCC2)cc1. The van der Waals surface area contributed by atoms with Gasteiger partial charge in [-0.25, -0.2) is 0 Å². The van der Waals surface area contributed by atoms with E-state index in [0.29, 0.717) is 0 Å². The van der Waals surface area contributed by atoms with Gasteiger partial charge in [0.15, 0.2) is 16.8 Å². The van der Waals surface area contributed by atoms with Gasteiger partial charge in [-0.3, -0.25) is 0 Å². The summed E-state index contributed by atoms with van der Waals surface area (Å²) < 4.78 is 55.1. The average molecular weight is 1730 g/mol. The van der Waals surface area contributed by atoms with Crippen LogP contribution in [0.4, 0.5) is 17.1 Å². The molecule has 3 atom stereocenters. The summed E-state index contributed by atoms with van der Waals surface area (Å²) in [5.74, 6) is 6.93. The molecule has 3 unspecified atom stereocenters. The molecule has 132 heavy (non-hydrogen) atoms. The fraction of sp³-hybridized carbons (Fsp3) is 0.268. The molecule has 9 heteroatoms. The Kier molecular flexibility index (Phi) is 19.4. The Hall–Kier alpha value is -13.5. The van der Waals surface area contributed by atoms with Crippen LogP contribution < -0.4 is 42.8 Å². The summed E-state index contributed by atoms with van der Waals surface area (Å²) in [4.78, 5) is 2.42. The molecular formula is C123H111NO8. The second kappa shape index (κ2) is 31.4. The summed E-state index contributed by atoms with van der Waals surface area (Å²) in [6, 6.07) is 95.3. The molecule has 0 bridgehead atoms. The smallest absolute Gasteiger partial charge is 0.178 e. The Morgan fingerprint density at radius 3 is 0.795 bits per heavy atom. The molecule has 3 heterocycles. The van der Waals surface area contributed by atoms with E-state index in [1.807, 2.05) is 0 Å². The minimum Gasteiger partial charge on any atom is -0.497 e. The van der Waals surface area contributed by atoms with Crippen molar-refractivity contribution in [2.45, 2.75) is 176 Å². The Balaban J connectivity index is 0.685. The standard InChI is InChI=1S/C123H111NO8/c1-76-22-28-80(29-23-76)121(67-58-100-112-109(94-52-26-78(3)70-103(94)115(100)130-121)97-55-49-91(127-7)73-106(97)118(112)61-16-10-11-17-62-118)82-32-40-86(41-33-82)124(87-42-34-83(35-43-87)122(81-30-24-77(2)25-31-81)68-60-102-114-111(96-54-48-90(126-6)72-105(96)117(102)132-122)99-57-51-93(129-9)75-108(99)120(114)65-20-14-15-21-66-120)88-44-36-84(37-45-88)123(85-38-46-89(125-5)47-39-85)69-59-101-113-110(95-53-27-79(4)71-104(95)116(101)131-123)98-56-50-92(128-8)74-107(98)119(113)63-18-12-13-19-64-119/h22-60,67-75H,10-21,61-66H2,1-9H3. The van der Waals surface area contributed by atoms with Gasteiger partial charge in [0.25, 0.3) is 0 Å². The predicted octanol–water partition coefficient (Wildman–Crippen LogP) is 30.8. The van der Waals surface area contributed by atoms with E-state index in [-0.39, 0.29) is 16.2 Å². The third-order valence-corrected chi connectivity index (χ3v) is 32.1. The highest BCUT2D eigenvalue weighted by atomic mass is 16.5. The molecule has 0 N–H and O–H groups in total. The molecule has 24 rings (SSSR count). The van der Waals surface area contributed by atoms with Crippen LogP contribution in [0.3, 0.4) is 0 Å². The van der Waals surface area contributed by atoms with Crippen LogP contribution in [-0.4, -0.2) is 35.5 Å². The fourth-order valence-corrected chi connectivity index (χ4v) is 25.7. The van der Waals surface area contributed by atoms with Crippen molar-refractivity contribution in [3.8, 4) is 79.4 Å². The number of benzene rings is 15. The summed E-state index contributed by atoms with van der Waals surface area (Å²) in [7, 11) is 8.91. The zero-order valence-corrected chi connectivity index (χ0v) is 77.2. The molecule has 15 aromatic carbocycles. The van der Waals surface area contributed by atoms with Crippen LogP contribution in [0, 0.1) is 27.7 Å². The Labute approximate surface area is 775 Å². The maximum atomic E-state index is 8.24. The highest BCUT2D eigenvalue weighted by Crippen LogP contribution is 2.68. The van der Waals surface area contributed by atoms with E-state index in [1.165, 1.54) is 149 Å². The average Bonchev–Trinajstić information content (AvgIpc) is 1.52. The number of hydrogen-bond acceptors (Lipinski definition) is 9. The van der Waals surface area contributed by atoms with Gasteiger partial charge in [0.05, 0.1) is 35.5 Å². The van der Waals surface area contributed by atoms with E-state index in [4.69, 9.17) is 37.9 Å². The monoisotopic (exact) mass is 1730 g/mol. The van der Waals surface area contributed by atoms with E-state index in [0.717, 1.165) is 201 Å². The van der Waals surface area contributed by atoms with Crippen LogP contribution >= 0.6 is 0 Å². The normalized spacial score (nSPS) is 19.8. The maximum Gasteiger partial charge on any atom is 0.178 e. The predicted molar refractivity (Wildman–Crippen MR) is 537 cm³/mol. The summed E-state index contributed by atoms with van der Waals surface area (Å²) in [6.07, 6.45) is 34.9. The van der Waals surface area contributed by atoms with Crippen molar-refractivity contribution >= 4 is 67.6 Å². The summed E-state index contributed by atoms with van der Waals surface area (Å²) in [6.45, 7) is 8.76. The number of fused-ring (bicyclic) bond motifs is 30. The first-order valence-electron chi connectivity index (χ1n) is 48.2. The van der Waals surface area contributed by atoms with Gasteiger partial charge in [-0.05, 0) is 283 Å². The lowest BCUT2D eigenvalue weighted by Gasteiger charge is -2.40. The number of nitrogens with zero attached hydrogens (tertiary/aromatic N) is 1. The Morgan fingerprint density at radius 1 is 0.242 bits per heavy atom. The number of anilines is 3. The lowest BCUT2D eigenvalue weighted by atomic mass is 9.69. The van der Waals surface area contributed by atoms with Gasteiger partial charge in [-0.15, -0.1) is 0 Å². The largest absolute Gasteiger partial charge is 0.497 e. The third-order valence-electron chi connectivity index (χ3n) is 32.1. The van der Waals surface area contributed by atoms with E-state index in [2.05, 4.69) is 324 Å². The number of rotatable bonds is 14. The second-order valence-corrected chi connectivity index (χ2v) is 39.2. The van der Waals surface area contributed by atoms with Gasteiger partial charge in [0, 0.05) is 99.5 Å². The van der Waals surface area contributed by atoms with Gasteiger partial charge >= 0.3 is 0 Å². The first-order chi connectivity index (χ1) is 64.6. The van der Waals surface area contributed by atoms with E-state index in [1.54, 1.807) is 35.5 Å². The van der Waals surface area contributed by atoms with Crippen molar-refractivity contribution < 1.29 is 37.9 Å². The van der Waals surface area contributed by atoms with Crippen LogP contribution in [0.25, 0.3) is 83.9 Å². The molecular weight excluding hydrogens is 1620 g/mol. The van der Waals surface area contributed by atoms with Crippen molar-refractivity contribution in [1.29, 1.82) is 0 Å². The minimum atomic E-state index is -1.10. The molecule has 3 fully saturated rings. The van der Waals surface area contributed by atoms with Gasteiger partial charge in [0.2, 0.25) is 0 Å². The number of ether oxygens (including phenoxy) is 8. The van der Waals surface area contributed by atoms with Crippen LogP contribution in [0.5, 0.6) is 46.0 Å². The molecule has 3 saturated carbocycles. The number of aryl methyl sites for hydroxylation is 4. The molecule has 0 aromatic heterocycles. The van der Waals surface area contributed by atoms with Gasteiger partial charge < -0.3 is 42.8 Å². The second-order valence-electron chi connectivity index (χ2n) is 39.2. The lowest BCUT2D eigenvalue weighted by molar-refractivity contribution is 0.163. The van der Waals surface area contributed by atoms with Crippen LogP contribution in [-0.2, 0) is 33.0 Å². The van der Waals surface area contributed by atoms with E-state index < -0.39 is 16.8 Å². The van der Waals surface area contributed by atoms with E-state index in [9.17, 15) is 0 Å². The molecule has 9 nitrogen and oxygen atoms in total. The molecule has 9 aliphatic rings. The quantitative estimate of drug-likeness (QED) is 0.106. The molecule has 3 aliphatic heterocycles. The highest BCUT2D eigenvalue weighted by Gasteiger charge is 2.54. The molecule has 3 spiro atoms. The van der Waals surface area contributed by atoms with Crippen LogP contribution in [0.1, 0.15) is 221 Å². The molecule has 656 valence electrons. The lowest BCUT2D eigenvalue weighted by Crippen LogP contribution is -2.35. The molecule has 0 amide bonds. The third kappa shape index (κ3) is 12.2. The Bertz CT molecular complexity index is 7300. The highest BCUT2D eigenvalue weighted by molar-refractivity contribution is 6.12. The first-order valence-corrected chi connectivity index (χ1v) is 48.2. The summed E-state index contributed by atoms with van der Waals surface area (Å²) in [5.41, 5.74) is 29.3. The first kappa shape index (κ1) is 81.7. The summed E-state index contributed by atoms with van der Waals surface area (Å²) >= 11 is 0. The zero-order chi connectivity index (χ0) is 89.2. The van der Waals surface area contributed by atoms with Gasteiger partial charge in [-0.1, -0.05) is 257 Å². The van der Waals surface area contributed by atoms with Gasteiger partial charge in [-0.2, -0.15) is 0 Å². The van der Waals surface area contributed by atoms with Crippen molar-refractivity contribution in [2.75, 3.05) is 40.4 Å². The number of methoxy groups -OCH3 is 5.